The average Bonchev–Trinajstić information content (AvgIpc) is 3.33. The number of amides is 1. The van der Waals surface area contributed by atoms with Crippen molar-refractivity contribution in [2.24, 2.45) is 0 Å². The number of carbonyl (C=O) groups excluding carboxylic acids is 1. The van der Waals surface area contributed by atoms with E-state index >= 15 is 0 Å². The lowest BCUT2D eigenvalue weighted by atomic mass is 9.95. The summed E-state index contributed by atoms with van der Waals surface area (Å²) in [7, 11) is -3.08. The molecule has 168 valence electrons. The normalized spacial score (nSPS) is 21.1. The van der Waals surface area contributed by atoms with Gasteiger partial charge in [-0.2, -0.15) is 5.10 Å². The Hall–Kier alpha value is -2.74. The molecule has 2 fully saturated rings. The van der Waals surface area contributed by atoms with E-state index in [-0.39, 0.29) is 29.5 Å². The minimum Gasteiger partial charge on any atom is -0.349 e. The smallest absolute Gasteiger partial charge is 0.252 e. The second-order valence-corrected chi connectivity index (χ2v) is 11.2. The first-order valence-electron chi connectivity index (χ1n) is 11.4. The Morgan fingerprint density at radius 3 is 2.53 bits per heavy atom. The zero-order valence-corrected chi connectivity index (χ0v) is 19.1. The number of hydrogen-bond donors (Lipinski definition) is 1. The third-order valence-corrected chi connectivity index (χ3v) is 8.40. The van der Waals surface area contributed by atoms with Gasteiger partial charge < -0.3 is 5.32 Å². The first-order valence-corrected chi connectivity index (χ1v) is 13.2. The summed E-state index contributed by atoms with van der Waals surface area (Å²) < 4.78 is 26.0. The summed E-state index contributed by atoms with van der Waals surface area (Å²) >= 11 is 0. The molecule has 3 aromatic rings. The van der Waals surface area contributed by atoms with Crippen molar-refractivity contribution in [1.82, 2.24) is 20.1 Å². The van der Waals surface area contributed by atoms with Gasteiger partial charge in [-0.15, -0.1) is 0 Å². The standard InChI is InChI=1S/C24H28N4O3S/c1-16-22-20(24(29)25-18-10-6-3-7-11-18)14-21(17-8-4-2-5-9-17)26-23(22)28(27-16)19-12-13-32(30,31)15-19/h2,4-5,8-9,14,18-19H,3,6-7,10-13,15H2,1H3,(H,25,29)/t19-/m0/s1. The van der Waals surface area contributed by atoms with Gasteiger partial charge in [-0.05, 0) is 32.3 Å². The van der Waals surface area contributed by atoms with E-state index in [1.807, 2.05) is 43.3 Å². The number of hydrogen-bond acceptors (Lipinski definition) is 5. The van der Waals surface area contributed by atoms with Crippen molar-refractivity contribution < 1.29 is 13.2 Å². The van der Waals surface area contributed by atoms with Crippen LogP contribution in [-0.4, -0.2) is 46.6 Å². The van der Waals surface area contributed by atoms with Gasteiger partial charge in [0.05, 0.1) is 39.9 Å². The maximum absolute atomic E-state index is 13.4. The van der Waals surface area contributed by atoms with Crippen molar-refractivity contribution in [3.63, 3.8) is 0 Å². The molecule has 1 atom stereocenters. The lowest BCUT2D eigenvalue weighted by Crippen LogP contribution is -2.36. The third kappa shape index (κ3) is 4.03. The lowest BCUT2D eigenvalue weighted by Gasteiger charge is -2.23. The SMILES string of the molecule is Cc1nn([C@H]2CCS(=O)(=O)C2)c2nc(-c3ccccc3)cc(C(=O)NC3CCCCC3)c12. The van der Waals surface area contributed by atoms with E-state index in [1.165, 1.54) is 6.42 Å². The first kappa shape index (κ1) is 21.1. The van der Waals surface area contributed by atoms with Crippen LogP contribution >= 0.6 is 0 Å². The Labute approximate surface area is 188 Å². The van der Waals surface area contributed by atoms with Gasteiger partial charge in [0.15, 0.2) is 15.5 Å². The van der Waals surface area contributed by atoms with Crippen LogP contribution in [0, 0.1) is 6.92 Å². The zero-order chi connectivity index (χ0) is 22.3. The molecule has 1 aliphatic heterocycles. The maximum Gasteiger partial charge on any atom is 0.252 e. The molecule has 1 N–H and O–H groups in total. The fraction of sp³-hybridized carbons (Fsp3) is 0.458. The van der Waals surface area contributed by atoms with Crippen LogP contribution in [0.4, 0.5) is 0 Å². The summed E-state index contributed by atoms with van der Waals surface area (Å²) in [6, 6.07) is 11.5. The highest BCUT2D eigenvalue weighted by Crippen LogP contribution is 2.32. The van der Waals surface area contributed by atoms with Gasteiger partial charge in [-0.3, -0.25) is 4.79 Å². The van der Waals surface area contributed by atoms with Crippen LogP contribution in [0.5, 0.6) is 0 Å². The van der Waals surface area contributed by atoms with E-state index in [0.29, 0.717) is 34.4 Å². The van der Waals surface area contributed by atoms with Gasteiger partial charge in [0.1, 0.15) is 0 Å². The molecule has 2 aliphatic rings. The fourth-order valence-electron chi connectivity index (χ4n) is 4.98. The number of nitrogens with one attached hydrogen (secondary N) is 1. The molecule has 32 heavy (non-hydrogen) atoms. The van der Waals surface area contributed by atoms with Crippen LogP contribution < -0.4 is 5.32 Å². The molecule has 1 amide bonds. The molecule has 0 radical (unpaired) electrons. The Bertz CT molecular complexity index is 1260. The Morgan fingerprint density at radius 2 is 1.84 bits per heavy atom. The van der Waals surface area contributed by atoms with Crippen LogP contribution in [-0.2, 0) is 9.84 Å². The molecular formula is C24H28N4O3S. The second-order valence-electron chi connectivity index (χ2n) is 9.01. The summed E-state index contributed by atoms with van der Waals surface area (Å²) in [5, 5.41) is 8.61. The summed E-state index contributed by atoms with van der Waals surface area (Å²) in [4.78, 5) is 18.3. The van der Waals surface area contributed by atoms with E-state index in [0.717, 1.165) is 31.2 Å². The van der Waals surface area contributed by atoms with Crippen LogP contribution in [0.1, 0.15) is 60.6 Å². The van der Waals surface area contributed by atoms with Crippen molar-refractivity contribution in [1.29, 1.82) is 0 Å². The molecule has 0 spiro atoms. The third-order valence-electron chi connectivity index (χ3n) is 6.65. The molecule has 1 saturated carbocycles. The van der Waals surface area contributed by atoms with Gasteiger partial charge in [0.2, 0.25) is 0 Å². The van der Waals surface area contributed by atoms with E-state index < -0.39 is 9.84 Å². The van der Waals surface area contributed by atoms with Gasteiger partial charge >= 0.3 is 0 Å². The number of rotatable bonds is 4. The molecule has 5 rings (SSSR count). The molecule has 1 aromatic carbocycles. The second kappa shape index (κ2) is 8.31. The predicted octanol–water partition coefficient (Wildman–Crippen LogP) is 3.83. The minimum atomic E-state index is -3.08. The zero-order valence-electron chi connectivity index (χ0n) is 18.3. The molecule has 8 heteroatoms. The number of sulfone groups is 1. The van der Waals surface area contributed by atoms with Crippen molar-refractivity contribution in [3.05, 3.63) is 47.7 Å². The summed E-state index contributed by atoms with van der Waals surface area (Å²) in [6.07, 6.45) is 6.02. The maximum atomic E-state index is 13.4. The van der Waals surface area contributed by atoms with Gasteiger partial charge in [0, 0.05) is 11.6 Å². The number of aryl methyl sites for hydroxylation is 1. The fourth-order valence-corrected chi connectivity index (χ4v) is 6.67. The molecule has 2 aromatic heterocycles. The highest BCUT2D eigenvalue weighted by atomic mass is 32.2. The number of benzene rings is 1. The monoisotopic (exact) mass is 452 g/mol. The van der Waals surface area contributed by atoms with Gasteiger partial charge in [-0.1, -0.05) is 49.6 Å². The Morgan fingerprint density at radius 1 is 1.09 bits per heavy atom. The lowest BCUT2D eigenvalue weighted by molar-refractivity contribution is 0.0929. The molecule has 7 nitrogen and oxygen atoms in total. The highest BCUT2D eigenvalue weighted by molar-refractivity contribution is 7.91. The van der Waals surface area contributed by atoms with Crippen molar-refractivity contribution >= 4 is 26.8 Å². The summed E-state index contributed by atoms with van der Waals surface area (Å²) in [5.74, 6) is 0.110. The van der Waals surface area contributed by atoms with Crippen LogP contribution in [0.15, 0.2) is 36.4 Å². The number of carbonyl (C=O) groups is 1. The molecule has 0 bridgehead atoms. The highest BCUT2D eigenvalue weighted by Gasteiger charge is 2.32. The van der Waals surface area contributed by atoms with Crippen molar-refractivity contribution in [3.8, 4) is 11.3 Å². The first-order chi connectivity index (χ1) is 15.4. The van der Waals surface area contributed by atoms with Crippen LogP contribution in [0.2, 0.25) is 0 Å². The topological polar surface area (TPSA) is 93.9 Å². The number of nitrogens with zero attached hydrogens (tertiary/aromatic N) is 3. The summed E-state index contributed by atoms with van der Waals surface area (Å²) in [6.45, 7) is 1.86. The van der Waals surface area contributed by atoms with E-state index in [2.05, 4.69) is 10.4 Å². The van der Waals surface area contributed by atoms with E-state index in [9.17, 15) is 13.2 Å². The predicted molar refractivity (Wildman–Crippen MR) is 124 cm³/mol. The summed E-state index contributed by atoms with van der Waals surface area (Å²) in [5.41, 5.74) is 3.44. The quantitative estimate of drug-likeness (QED) is 0.649. The van der Waals surface area contributed by atoms with Crippen molar-refractivity contribution in [2.45, 2.75) is 57.5 Å². The minimum absolute atomic E-state index is 0.0596. The molecule has 1 aliphatic carbocycles. The van der Waals surface area contributed by atoms with Crippen LogP contribution in [0.3, 0.4) is 0 Å². The molecule has 0 unspecified atom stereocenters. The Balaban J connectivity index is 1.63. The Kier molecular flexibility index (Phi) is 5.49. The molecule has 3 heterocycles. The number of pyridine rings is 1. The molecule has 1 saturated heterocycles. The number of fused-ring (bicyclic) bond motifs is 1. The average molecular weight is 453 g/mol. The van der Waals surface area contributed by atoms with Crippen LogP contribution in [0.25, 0.3) is 22.3 Å². The van der Waals surface area contributed by atoms with Crippen molar-refractivity contribution in [2.75, 3.05) is 11.5 Å². The van der Waals surface area contributed by atoms with E-state index in [4.69, 9.17) is 4.98 Å². The molecular weight excluding hydrogens is 424 g/mol. The largest absolute Gasteiger partial charge is 0.349 e. The number of aromatic nitrogens is 3. The van der Waals surface area contributed by atoms with Gasteiger partial charge in [0.25, 0.3) is 5.91 Å². The van der Waals surface area contributed by atoms with Gasteiger partial charge in [-0.25, -0.2) is 18.1 Å². The van der Waals surface area contributed by atoms with E-state index in [1.54, 1.807) is 4.68 Å².